The Morgan fingerprint density at radius 2 is 2.71 bits per heavy atom. The summed E-state index contributed by atoms with van der Waals surface area (Å²) in [6.45, 7) is 0. The molecule has 4 nitrogen and oxygen atoms in total. The summed E-state index contributed by atoms with van der Waals surface area (Å²) >= 11 is 0. The van der Waals surface area contributed by atoms with E-state index >= 15 is 0 Å². The summed E-state index contributed by atoms with van der Waals surface area (Å²) in [6.07, 6.45) is 1.19. The van der Waals surface area contributed by atoms with Gasteiger partial charge >= 0.3 is 0 Å². The monoisotopic (exact) mass is 101 g/mol. The molecule has 7 heavy (non-hydrogen) atoms. The molecule has 0 saturated heterocycles. The van der Waals surface area contributed by atoms with Crippen LogP contribution in [0.4, 0.5) is 0 Å². The molecule has 1 aliphatic rings. The fourth-order valence-corrected chi connectivity index (χ4v) is 0.390. The molecule has 0 aromatic heterocycles. The first-order valence-electron chi connectivity index (χ1n) is 1.99. The number of rotatable bonds is 0. The Labute approximate surface area is 41.5 Å². The molecule has 1 atom stereocenters. The summed E-state index contributed by atoms with van der Waals surface area (Å²) < 4.78 is 0. The van der Waals surface area contributed by atoms with Crippen molar-refractivity contribution < 1.29 is 4.84 Å². The fourth-order valence-electron chi connectivity index (χ4n) is 0.390. The summed E-state index contributed by atoms with van der Waals surface area (Å²) in [4.78, 5) is 4.75. The zero-order chi connectivity index (χ0) is 5.28. The molecule has 2 N–H and O–H groups in total. The third kappa shape index (κ3) is 0.880. The number of nitrogens with zero attached hydrogens (tertiary/aromatic N) is 2. The van der Waals surface area contributed by atoms with Gasteiger partial charge in [0.1, 0.15) is 0 Å². The van der Waals surface area contributed by atoms with Gasteiger partial charge in [-0.1, -0.05) is 0 Å². The number of nitrogens with two attached hydrogens (primary N) is 1. The van der Waals surface area contributed by atoms with E-state index in [9.17, 15) is 0 Å². The highest BCUT2D eigenvalue weighted by atomic mass is 16.7. The lowest BCUT2D eigenvalue weighted by atomic mass is 10.7. The molecule has 0 radical (unpaired) electrons. The Hall–Kier alpha value is -0.610. The topological polar surface area (TPSA) is 50.8 Å². The second kappa shape index (κ2) is 1.48. The first-order valence-corrected chi connectivity index (χ1v) is 1.99. The smallest absolute Gasteiger partial charge is 0.173 e. The minimum absolute atomic E-state index is 0.343. The van der Waals surface area contributed by atoms with E-state index in [1.54, 1.807) is 7.05 Å². The molecule has 0 bridgehead atoms. The average molecular weight is 101 g/mol. The lowest BCUT2D eigenvalue weighted by Crippen LogP contribution is -2.23. The number of hydrazone groups is 1. The van der Waals surface area contributed by atoms with Crippen LogP contribution in [0.1, 0.15) is 0 Å². The zero-order valence-electron chi connectivity index (χ0n) is 4.03. The molecule has 1 rings (SSSR count). The molecular weight excluding hydrogens is 94.1 g/mol. The van der Waals surface area contributed by atoms with E-state index in [0.29, 0.717) is 0 Å². The lowest BCUT2D eigenvalue weighted by Gasteiger charge is -2.04. The van der Waals surface area contributed by atoms with Gasteiger partial charge in [-0.05, 0) is 0 Å². The molecule has 1 unspecified atom stereocenters. The molecule has 1 heterocycles. The molecule has 0 aromatic rings. The van der Waals surface area contributed by atoms with Crippen LogP contribution in [0.15, 0.2) is 5.10 Å². The maximum absolute atomic E-state index is 5.21. The minimum Gasteiger partial charge on any atom is -0.299 e. The predicted molar refractivity (Wildman–Crippen MR) is 25.3 cm³/mol. The van der Waals surface area contributed by atoms with Crippen molar-refractivity contribution in [1.29, 1.82) is 0 Å². The van der Waals surface area contributed by atoms with Crippen LogP contribution in [0.2, 0.25) is 0 Å². The predicted octanol–water partition coefficient (Wildman–Crippen LogP) is -0.866. The van der Waals surface area contributed by atoms with Crippen LogP contribution in [0.25, 0.3) is 0 Å². The molecule has 0 spiro atoms. The Morgan fingerprint density at radius 3 is 2.86 bits per heavy atom. The summed E-state index contributed by atoms with van der Waals surface area (Å²) in [5.74, 6) is 0. The molecule has 0 aliphatic carbocycles. The highest BCUT2D eigenvalue weighted by Gasteiger charge is 2.07. The van der Waals surface area contributed by atoms with Gasteiger partial charge in [0, 0.05) is 0 Å². The van der Waals surface area contributed by atoms with Gasteiger partial charge < -0.3 is 0 Å². The van der Waals surface area contributed by atoms with E-state index in [0.717, 1.165) is 0 Å². The minimum atomic E-state index is -0.343. The molecule has 0 amide bonds. The van der Waals surface area contributed by atoms with Crippen LogP contribution >= 0.6 is 0 Å². The van der Waals surface area contributed by atoms with Crippen molar-refractivity contribution in [2.24, 2.45) is 10.8 Å². The standard InChI is InChI=1S/C3H7N3O/c1-6-5-2-3(4)7-6/h2-3H,4H2,1H3. The van der Waals surface area contributed by atoms with Gasteiger partial charge in [-0.25, -0.2) is 4.84 Å². The van der Waals surface area contributed by atoms with Gasteiger partial charge in [0.05, 0.1) is 13.3 Å². The second-order valence-electron chi connectivity index (χ2n) is 1.30. The number of hydrogen-bond donors (Lipinski definition) is 1. The van der Waals surface area contributed by atoms with Crippen LogP contribution in [-0.4, -0.2) is 24.7 Å². The largest absolute Gasteiger partial charge is 0.299 e. The Kier molecular flexibility index (Phi) is 0.958. The van der Waals surface area contributed by atoms with E-state index in [1.807, 2.05) is 0 Å². The summed E-state index contributed by atoms with van der Waals surface area (Å²) in [5.41, 5.74) is 5.21. The van der Waals surface area contributed by atoms with E-state index in [2.05, 4.69) is 5.10 Å². The molecule has 40 valence electrons. The SMILES string of the molecule is CN1N=CC(N)O1. The maximum Gasteiger partial charge on any atom is 0.173 e. The summed E-state index contributed by atoms with van der Waals surface area (Å²) in [5, 5.41) is 5.00. The molecule has 0 fully saturated rings. The molecule has 4 heteroatoms. The van der Waals surface area contributed by atoms with Crippen LogP contribution in [0.3, 0.4) is 0 Å². The maximum atomic E-state index is 5.21. The van der Waals surface area contributed by atoms with Crippen molar-refractivity contribution in [1.82, 2.24) is 5.17 Å². The van der Waals surface area contributed by atoms with Gasteiger partial charge in [-0.3, -0.25) is 5.73 Å². The fraction of sp³-hybridized carbons (Fsp3) is 0.667. The third-order valence-electron chi connectivity index (χ3n) is 0.650. The first-order chi connectivity index (χ1) is 3.29. The third-order valence-corrected chi connectivity index (χ3v) is 0.650. The molecular formula is C3H7N3O. The Bertz CT molecular complexity index is 82.2. The quantitative estimate of drug-likeness (QED) is 0.431. The number of hydroxylamine groups is 1. The Morgan fingerprint density at radius 1 is 2.00 bits per heavy atom. The van der Waals surface area contributed by atoms with E-state index < -0.39 is 0 Å². The van der Waals surface area contributed by atoms with Gasteiger partial charge in [0.2, 0.25) is 0 Å². The van der Waals surface area contributed by atoms with Crippen molar-refractivity contribution in [2.45, 2.75) is 6.23 Å². The Balaban J connectivity index is 2.42. The van der Waals surface area contributed by atoms with Gasteiger partial charge in [-0.2, -0.15) is 10.3 Å². The van der Waals surface area contributed by atoms with Crippen molar-refractivity contribution >= 4 is 6.21 Å². The van der Waals surface area contributed by atoms with E-state index in [1.165, 1.54) is 11.4 Å². The van der Waals surface area contributed by atoms with E-state index in [4.69, 9.17) is 10.6 Å². The second-order valence-corrected chi connectivity index (χ2v) is 1.30. The van der Waals surface area contributed by atoms with Gasteiger partial charge in [0.25, 0.3) is 0 Å². The lowest BCUT2D eigenvalue weighted by molar-refractivity contribution is -0.136. The van der Waals surface area contributed by atoms with Gasteiger partial charge in [0.15, 0.2) is 6.23 Å². The first kappa shape index (κ1) is 4.55. The van der Waals surface area contributed by atoms with Crippen LogP contribution in [0.5, 0.6) is 0 Å². The van der Waals surface area contributed by atoms with Crippen molar-refractivity contribution in [3.05, 3.63) is 0 Å². The van der Waals surface area contributed by atoms with Crippen LogP contribution < -0.4 is 5.73 Å². The summed E-state index contributed by atoms with van der Waals surface area (Å²) in [6, 6.07) is 0. The molecule has 0 aromatic carbocycles. The normalized spacial score (nSPS) is 29.4. The zero-order valence-corrected chi connectivity index (χ0v) is 4.03. The number of hydrogen-bond acceptors (Lipinski definition) is 4. The highest BCUT2D eigenvalue weighted by molar-refractivity contribution is 5.62. The summed E-state index contributed by atoms with van der Waals surface area (Å²) in [7, 11) is 1.68. The van der Waals surface area contributed by atoms with Gasteiger partial charge in [-0.15, -0.1) is 0 Å². The highest BCUT2D eigenvalue weighted by Crippen LogP contribution is 1.94. The van der Waals surface area contributed by atoms with Crippen molar-refractivity contribution in [3.8, 4) is 0 Å². The van der Waals surface area contributed by atoms with Crippen molar-refractivity contribution in [2.75, 3.05) is 7.05 Å². The molecule has 0 saturated carbocycles. The van der Waals surface area contributed by atoms with Crippen LogP contribution in [0, 0.1) is 0 Å². The van der Waals surface area contributed by atoms with E-state index in [-0.39, 0.29) is 6.23 Å². The van der Waals surface area contributed by atoms with Crippen molar-refractivity contribution in [3.63, 3.8) is 0 Å². The average Bonchev–Trinajstić information content (AvgIpc) is 1.87. The van der Waals surface area contributed by atoms with Crippen LogP contribution in [-0.2, 0) is 4.84 Å². The molecule has 1 aliphatic heterocycles.